The van der Waals surface area contributed by atoms with Gasteiger partial charge in [-0.05, 0) is 36.4 Å². The van der Waals surface area contributed by atoms with Crippen LogP contribution in [-0.4, -0.2) is 12.6 Å². The highest BCUT2D eigenvalue weighted by Gasteiger charge is 2.08. The van der Waals surface area contributed by atoms with Crippen LogP contribution in [0.5, 0.6) is 0 Å². The van der Waals surface area contributed by atoms with E-state index in [-0.39, 0.29) is 0 Å². The van der Waals surface area contributed by atoms with Crippen molar-refractivity contribution in [2.24, 2.45) is 0 Å². The largest absolute Gasteiger partial charge is 0.314 e. The van der Waals surface area contributed by atoms with Crippen molar-refractivity contribution in [3.8, 4) is 0 Å². The molecular formula is C18H31N. The average molecular weight is 261 g/mol. The molecule has 0 amide bonds. The van der Waals surface area contributed by atoms with Gasteiger partial charge in [0.1, 0.15) is 0 Å². The van der Waals surface area contributed by atoms with Crippen LogP contribution in [-0.2, 0) is 6.42 Å². The SMILES string of the molecule is CCCCCC(Cc1ccc(C(C)C)cc1)NCC. The molecule has 0 aliphatic rings. The lowest BCUT2D eigenvalue weighted by Gasteiger charge is -2.18. The quantitative estimate of drug-likeness (QED) is 0.623. The first-order valence-electron chi connectivity index (χ1n) is 7.99. The number of nitrogens with one attached hydrogen (secondary N) is 1. The fourth-order valence-electron chi connectivity index (χ4n) is 2.53. The summed E-state index contributed by atoms with van der Waals surface area (Å²) in [5.74, 6) is 0.628. The Bertz CT molecular complexity index is 326. The standard InChI is InChI=1S/C18H31N/c1-5-7-8-9-18(19-6-2)14-16-10-12-17(13-11-16)15(3)4/h10-13,15,18-19H,5-9,14H2,1-4H3. The molecule has 0 heterocycles. The maximum Gasteiger partial charge on any atom is 0.0107 e. The highest BCUT2D eigenvalue weighted by atomic mass is 14.9. The first-order chi connectivity index (χ1) is 9.17. The Morgan fingerprint density at radius 3 is 2.21 bits per heavy atom. The molecule has 0 radical (unpaired) electrons. The topological polar surface area (TPSA) is 12.0 Å². The van der Waals surface area contributed by atoms with Crippen molar-refractivity contribution in [3.63, 3.8) is 0 Å². The fraction of sp³-hybridized carbons (Fsp3) is 0.667. The van der Waals surface area contributed by atoms with Crippen molar-refractivity contribution in [2.75, 3.05) is 6.54 Å². The van der Waals surface area contributed by atoms with Gasteiger partial charge in [0, 0.05) is 6.04 Å². The van der Waals surface area contributed by atoms with Crippen molar-refractivity contribution in [1.82, 2.24) is 5.32 Å². The van der Waals surface area contributed by atoms with Gasteiger partial charge >= 0.3 is 0 Å². The third-order valence-corrected chi connectivity index (χ3v) is 3.78. The highest BCUT2D eigenvalue weighted by Crippen LogP contribution is 2.16. The van der Waals surface area contributed by atoms with Gasteiger partial charge in [0.2, 0.25) is 0 Å². The highest BCUT2D eigenvalue weighted by molar-refractivity contribution is 5.25. The Labute approximate surface area is 119 Å². The summed E-state index contributed by atoms with van der Waals surface area (Å²) < 4.78 is 0. The van der Waals surface area contributed by atoms with E-state index in [1.54, 1.807) is 0 Å². The molecule has 1 nitrogen and oxygen atoms in total. The van der Waals surface area contributed by atoms with E-state index in [0.717, 1.165) is 13.0 Å². The number of unbranched alkanes of at least 4 members (excludes halogenated alkanes) is 2. The molecule has 0 saturated carbocycles. The predicted molar refractivity (Wildman–Crippen MR) is 85.8 cm³/mol. The van der Waals surface area contributed by atoms with Crippen LogP contribution in [0.25, 0.3) is 0 Å². The zero-order valence-electron chi connectivity index (χ0n) is 13.2. The van der Waals surface area contributed by atoms with E-state index in [1.807, 2.05) is 0 Å². The Hall–Kier alpha value is -0.820. The van der Waals surface area contributed by atoms with Gasteiger partial charge in [-0.25, -0.2) is 0 Å². The van der Waals surface area contributed by atoms with E-state index in [0.29, 0.717) is 12.0 Å². The number of rotatable bonds is 9. The van der Waals surface area contributed by atoms with Gasteiger partial charge in [0.05, 0.1) is 0 Å². The Morgan fingerprint density at radius 2 is 1.68 bits per heavy atom. The molecule has 0 spiro atoms. The molecule has 19 heavy (non-hydrogen) atoms. The molecule has 1 aromatic carbocycles. The number of hydrogen-bond donors (Lipinski definition) is 1. The molecule has 1 rings (SSSR count). The van der Waals surface area contributed by atoms with Crippen molar-refractivity contribution >= 4 is 0 Å². The molecule has 0 saturated heterocycles. The second kappa shape index (κ2) is 9.14. The molecule has 1 aromatic rings. The molecule has 1 atom stereocenters. The van der Waals surface area contributed by atoms with Crippen LogP contribution < -0.4 is 5.32 Å². The van der Waals surface area contributed by atoms with E-state index >= 15 is 0 Å². The second-order valence-electron chi connectivity index (χ2n) is 5.85. The van der Waals surface area contributed by atoms with Crippen molar-refractivity contribution in [2.45, 2.75) is 71.8 Å². The maximum atomic E-state index is 3.63. The average Bonchev–Trinajstić information content (AvgIpc) is 2.40. The zero-order chi connectivity index (χ0) is 14.1. The molecule has 1 N–H and O–H groups in total. The minimum atomic E-state index is 0.628. The van der Waals surface area contributed by atoms with Crippen LogP contribution in [0.2, 0.25) is 0 Å². The molecule has 1 unspecified atom stereocenters. The number of hydrogen-bond acceptors (Lipinski definition) is 1. The zero-order valence-corrected chi connectivity index (χ0v) is 13.2. The minimum Gasteiger partial charge on any atom is -0.314 e. The molecular weight excluding hydrogens is 230 g/mol. The Morgan fingerprint density at radius 1 is 1.00 bits per heavy atom. The first-order valence-corrected chi connectivity index (χ1v) is 7.99. The van der Waals surface area contributed by atoms with Gasteiger partial charge in [0.25, 0.3) is 0 Å². The predicted octanol–water partition coefficient (Wildman–Crippen LogP) is 4.91. The Kier molecular flexibility index (Phi) is 7.81. The smallest absolute Gasteiger partial charge is 0.0107 e. The molecule has 0 bridgehead atoms. The Balaban J connectivity index is 2.52. The van der Waals surface area contributed by atoms with Crippen molar-refractivity contribution < 1.29 is 0 Å². The van der Waals surface area contributed by atoms with Gasteiger partial charge in [-0.3, -0.25) is 0 Å². The lowest BCUT2D eigenvalue weighted by Crippen LogP contribution is -2.30. The molecule has 108 valence electrons. The fourth-order valence-corrected chi connectivity index (χ4v) is 2.53. The number of benzene rings is 1. The van der Waals surface area contributed by atoms with Crippen LogP contribution in [0.1, 0.15) is 70.4 Å². The van der Waals surface area contributed by atoms with Gasteiger partial charge < -0.3 is 5.32 Å². The summed E-state index contributed by atoms with van der Waals surface area (Å²) in [6.07, 6.45) is 6.47. The van der Waals surface area contributed by atoms with Gasteiger partial charge in [-0.15, -0.1) is 0 Å². The molecule has 0 aliphatic heterocycles. The normalized spacial score (nSPS) is 12.9. The van der Waals surface area contributed by atoms with Crippen LogP contribution in [0.4, 0.5) is 0 Å². The summed E-state index contributed by atoms with van der Waals surface area (Å²) in [7, 11) is 0. The van der Waals surface area contributed by atoms with Gasteiger partial charge in [-0.2, -0.15) is 0 Å². The third kappa shape index (κ3) is 6.24. The van der Waals surface area contributed by atoms with Crippen molar-refractivity contribution in [3.05, 3.63) is 35.4 Å². The van der Waals surface area contributed by atoms with Crippen LogP contribution in [0, 0.1) is 0 Å². The van der Waals surface area contributed by atoms with Crippen LogP contribution in [0.15, 0.2) is 24.3 Å². The second-order valence-corrected chi connectivity index (χ2v) is 5.85. The van der Waals surface area contributed by atoms with E-state index in [2.05, 4.69) is 57.3 Å². The summed E-state index contributed by atoms with van der Waals surface area (Å²) in [5, 5.41) is 3.63. The minimum absolute atomic E-state index is 0.628. The maximum absolute atomic E-state index is 3.63. The van der Waals surface area contributed by atoms with E-state index in [4.69, 9.17) is 0 Å². The number of likely N-dealkylation sites (N-methyl/N-ethyl adjacent to an activating group) is 1. The summed E-state index contributed by atoms with van der Waals surface area (Å²) in [6, 6.07) is 9.82. The molecule has 1 heteroatoms. The van der Waals surface area contributed by atoms with E-state index in [9.17, 15) is 0 Å². The van der Waals surface area contributed by atoms with Gasteiger partial charge in [0.15, 0.2) is 0 Å². The lowest BCUT2D eigenvalue weighted by atomic mass is 9.97. The summed E-state index contributed by atoms with van der Waals surface area (Å²) in [6.45, 7) is 10.0. The summed E-state index contributed by atoms with van der Waals surface area (Å²) >= 11 is 0. The first kappa shape index (κ1) is 16.2. The summed E-state index contributed by atoms with van der Waals surface area (Å²) in [4.78, 5) is 0. The van der Waals surface area contributed by atoms with Crippen molar-refractivity contribution in [1.29, 1.82) is 0 Å². The molecule has 0 aromatic heterocycles. The van der Waals surface area contributed by atoms with Gasteiger partial charge in [-0.1, -0.05) is 71.2 Å². The third-order valence-electron chi connectivity index (χ3n) is 3.78. The lowest BCUT2D eigenvalue weighted by molar-refractivity contribution is 0.467. The van der Waals surface area contributed by atoms with Crippen LogP contribution >= 0.6 is 0 Å². The monoisotopic (exact) mass is 261 g/mol. The van der Waals surface area contributed by atoms with E-state index in [1.165, 1.54) is 36.8 Å². The van der Waals surface area contributed by atoms with Crippen LogP contribution in [0.3, 0.4) is 0 Å². The molecule has 0 aliphatic carbocycles. The molecule has 0 fully saturated rings. The van der Waals surface area contributed by atoms with E-state index < -0.39 is 0 Å². The summed E-state index contributed by atoms with van der Waals surface area (Å²) in [5.41, 5.74) is 2.90.